The molecule has 0 fully saturated rings. The van der Waals surface area contributed by atoms with E-state index in [0.29, 0.717) is 29.7 Å². The van der Waals surface area contributed by atoms with Gasteiger partial charge in [0.15, 0.2) is 6.61 Å². The number of amides is 1. The van der Waals surface area contributed by atoms with Crippen LogP contribution in [-0.4, -0.2) is 24.5 Å². The molecule has 144 valence electrons. The number of hydrogen-bond acceptors (Lipinski definition) is 6. The second-order valence-electron chi connectivity index (χ2n) is 6.78. The fraction of sp³-hybridized carbons (Fsp3) is 0.450. The number of nitrogens with one attached hydrogen (secondary N) is 1. The Bertz CT molecular complexity index is 946. The first kappa shape index (κ1) is 18.9. The van der Waals surface area contributed by atoms with E-state index < -0.39 is 17.9 Å². The Morgan fingerprint density at radius 2 is 2.04 bits per heavy atom. The molecule has 1 aromatic heterocycles. The lowest BCUT2D eigenvalue weighted by atomic mass is 10.0. The van der Waals surface area contributed by atoms with Crippen molar-refractivity contribution in [1.82, 2.24) is 5.32 Å². The zero-order chi connectivity index (χ0) is 19.6. The summed E-state index contributed by atoms with van der Waals surface area (Å²) in [4.78, 5) is 35.2. The first-order chi connectivity index (χ1) is 12.9. The zero-order valence-electron chi connectivity index (χ0n) is 15.4. The maximum atomic E-state index is 12.2. The number of fused-ring (bicyclic) bond motifs is 3. The second-order valence-corrected chi connectivity index (χ2v) is 6.78. The fourth-order valence-corrected chi connectivity index (χ4v) is 3.54. The highest BCUT2D eigenvalue weighted by Crippen LogP contribution is 2.32. The van der Waals surface area contributed by atoms with E-state index in [9.17, 15) is 19.5 Å². The number of aliphatic carboxylic acids is 1. The lowest BCUT2D eigenvalue weighted by molar-refractivity contribution is -0.308. The van der Waals surface area contributed by atoms with Gasteiger partial charge in [0.05, 0.1) is 12.0 Å². The molecule has 1 aromatic carbocycles. The normalized spacial score (nSPS) is 14.0. The van der Waals surface area contributed by atoms with E-state index in [4.69, 9.17) is 9.15 Å². The highest BCUT2D eigenvalue weighted by Gasteiger charge is 2.21. The van der Waals surface area contributed by atoms with E-state index in [1.54, 1.807) is 13.0 Å². The molecule has 1 atom stereocenters. The van der Waals surface area contributed by atoms with Crippen molar-refractivity contribution in [1.29, 1.82) is 0 Å². The van der Waals surface area contributed by atoms with Crippen LogP contribution in [0, 0.1) is 6.92 Å². The van der Waals surface area contributed by atoms with E-state index in [1.165, 1.54) is 0 Å². The summed E-state index contributed by atoms with van der Waals surface area (Å²) in [5.74, 6) is -1.45. The highest BCUT2D eigenvalue weighted by atomic mass is 16.5. The van der Waals surface area contributed by atoms with Crippen molar-refractivity contribution in [2.75, 3.05) is 6.61 Å². The smallest absolute Gasteiger partial charge is 0.339 e. The van der Waals surface area contributed by atoms with E-state index in [2.05, 4.69) is 5.32 Å². The minimum Gasteiger partial charge on any atom is -0.548 e. The number of carbonyl (C=O) groups is 2. The molecule has 1 heterocycles. The van der Waals surface area contributed by atoms with Gasteiger partial charge in [-0.15, -0.1) is 0 Å². The summed E-state index contributed by atoms with van der Waals surface area (Å²) in [7, 11) is 0. The topological polar surface area (TPSA) is 109 Å². The summed E-state index contributed by atoms with van der Waals surface area (Å²) < 4.78 is 11.0. The summed E-state index contributed by atoms with van der Waals surface area (Å²) in [6, 6.07) is 2.54. The minimum atomic E-state index is -1.32. The van der Waals surface area contributed by atoms with Crippen LogP contribution in [0.15, 0.2) is 21.3 Å². The van der Waals surface area contributed by atoms with Gasteiger partial charge in [0.25, 0.3) is 5.91 Å². The molecule has 0 spiro atoms. The Kier molecular flexibility index (Phi) is 5.48. The van der Waals surface area contributed by atoms with Crippen LogP contribution in [0.1, 0.15) is 42.9 Å². The van der Waals surface area contributed by atoms with Gasteiger partial charge in [-0.05, 0) is 50.3 Å². The second kappa shape index (κ2) is 7.82. The van der Waals surface area contributed by atoms with E-state index >= 15 is 0 Å². The molecule has 27 heavy (non-hydrogen) atoms. The molecule has 0 radical (unpaired) electrons. The van der Waals surface area contributed by atoms with E-state index in [-0.39, 0.29) is 12.2 Å². The maximum absolute atomic E-state index is 12.2. The van der Waals surface area contributed by atoms with Crippen LogP contribution in [0.2, 0.25) is 0 Å². The Labute approximate surface area is 156 Å². The van der Waals surface area contributed by atoms with Crippen molar-refractivity contribution in [2.45, 2.75) is 52.0 Å². The molecule has 0 saturated heterocycles. The number of aryl methyl sites for hydroxylation is 2. The van der Waals surface area contributed by atoms with Crippen molar-refractivity contribution in [2.24, 2.45) is 0 Å². The van der Waals surface area contributed by atoms with Crippen LogP contribution in [-0.2, 0) is 22.4 Å². The predicted molar refractivity (Wildman–Crippen MR) is 96.6 cm³/mol. The molecular formula is C20H22NO6-. The van der Waals surface area contributed by atoms with Gasteiger partial charge in [0, 0.05) is 16.5 Å². The Hall–Kier alpha value is -2.83. The predicted octanol–water partition coefficient (Wildman–Crippen LogP) is 1.00. The fourth-order valence-electron chi connectivity index (χ4n) is 3.54. The molecule has 0 saturated carbocycles. The van der Waals surface area contributed by atoms with Crippen molar-refractivity contribution in [3.05, 3.63) is 39.2 Å². The van der Waals surface area contributed by atoms with Crippen LogP contribution < -0.4 is 20.8 Å². The highest BCUT2D eigenvalue weighted by molar-refractivity contribution is 5.87. The first-order valence-electron chi connectivity index (χ1n) is 9.13. The molecule has 1 aliphatic rings. The monoisotopic (exact) mass is 372 g/mol. The lowest BCUT2D eigenvalue weighted by Crippen LogP contribution is -2.49. The molecule has 0 unspecified atom stereocenters. The maximum Gasteiger partial charge on any atom is 0.339 e. The summed E-state index contributed by atoms with van der Waals surface area (Å²) in [5.41, 5.74) is 2.57. The lowest BCUT2D eigenvalue weighted by Gasteiger charge is -2.19. The molecule has 1 amide bonds. The van der Waals surface area contributed by atoms with Crippen LogP contribution in [0.25, 0.3) is 11.0 Å². The number of hydrogen-bond donors (Lipinski definition) is 1. The third kappa shape index (κ3) is 3.82. The third-order valence-corrected chi connectivity index (χ3v) is 4.90. The Morgan fingerprint density at radius 3 is 2.74 bits per heavy atom. The van der Waals surface area contributed by atoms with E-state index in [1.807, 2.05) is 13.0 Å². The van der Waals surface area contributed by atoms with Crippen LogP contribution >= 0.6 is 0 Å². The molecule has 0 aliphatic heterocycles. The number of carbonyl (C=O) groups excluding carboxylic acids is 2. The van der Waals surface area contributed by atoms with Gasteiger partial charge in [-0.3, -0.25) is 4.79 Å². The van der Waals surface area contributed by atoms with Gasteiger partial charge in [0.1, 0.15) is 11.3 Å². The van der Waals surface area contributed by atoms with Gasteiger partial charge in [-0.1, -0.05) is 13.3 Å². The molecule has 0 bridgehead atoms. The summed E-state index contributed by atoms with van der Waals surface area (Å²) in [5, 5.41) is 14.3. The number of rotatable bonds is 7. The van der Waals surface area contributed by atoms with Gasteiger partial charge < -0.3 is 24.4 Å². The molecule has 1 N–H and O–H groups in total. The van der Waals surface area contributed by atoms with Crippen LogP contribution in [0.5, 0.6) is 5.75 Å². The molecular weight excluding hydrogens is 350 g/mol. The van der Waals surface area contributed by atoms with Gasteiger partial charge in [-0.25, -0.2) is 4.79 Å². The largest absolute Gasteiger partial charge is 0.548 e. The number of carboxylic acids is 1. The average Bonchev–Trinajstić information content (AvgIpc) is 3.12. The van der Waals surface area contributed by atoms with Gasteiger partial charge in [0.2, 0.25) is 0 Å². The van der Waals surface area contributed by atoms with Gasteiger partial charge >= 0.3 is 5.63 Å². The molecule has 7 heteroatoms. The molecule has 1 aliphatic carbocycles. The van der Waals surface area contributed by atoms with Crippen molar-refractivity contribution >= 4 is 22.8 Å². The minimum absolute atomic E-state index is 0.291. The number of benzene rings is 1. The zero-order valence-corrected chi connectivity index (χ0v) is 15.4. The van der Waals surface area contributed by atoms with Crippen molar-refractivity contribution in [3.63, 3.8) is 0 Å². The molecule has 7 nitrogen and oxygen atoms in total. The van der Waals surface area contributed by atoms with Gasteiger partial charge in [-0.2, -0.15) is 0 Å². The summed E-state index contributed by atoms with van der Waals surface area (Å²) in [6.07, 6.45) is 3.42. The quantitative estimate of drug-likeness (QED) is 0.727. The summed E-state index contributed by atoms with van der Waals surface area (Å²) >= 11 is 0. The van der Waals surface area contributed by atoms with Crippen LogP contribution in [0.3, 0.4) is 0 Å². The standard InChI is InChI=1S/C20H23NO6/c1-3-5-15(19(23)24)21-17(22)10-26-16-9-8-13-12-6-4-7-14(12)20(25)27-18(13)11(16)2/h8-9,15H,3-7,10H2,1-2H3,(H,21,22)(H,23,24)/p-1/t15-/m1/s1. The number of ether oxygens (including phenoxy) is 1. The number of carboxylic acid groups (broad SMARTS) is 1. The Morgan fingerprint density at radius 1 is 1.30 bits per heavy atom. The molecule has 3 rings (SSSR count). The molecule has 2 aromatic rings. The van der Waals surface area contributed by atoms with Crippen molar-refractivity contribution < 1.29 is 23.8 Å². The SMILES string of the molecule is CCC[C@@H](NC(=O)COc1ccc2c3c(c(=O)oc2c1C)CCC3)C(=O)[O-]. The third-order valence-electron chi connectivity index (χ3n) is 4.90. The van der Waals surface area contributed by atoms with E-state index in [0.717, 1.165) is 35.8 Å². The Balaban J connectivity index is 1.77. The summed E-state index contributed by atoms with van der Waals surface area (Å²) in [6.45, 7) is 3.25. The van der Waals surface area contributed by atoms with Crippen LogP contribution in [0.4, 0.5) is 0 Å². The first-order valence-corrected chi connectivity index (χ1v) is 9.13. The van der Waals surface area contributed by atoms with Crippen molar-refractivity contribution in [3.8, 4) is 5.75 Å². The average molecular weight is 372 g/mol.